The van der Waals surface area contributed by atoms with Crippen LogP contribution in [0.4, 0.5) is 0 Å². The van der Waals surface area contributed by atoms with E-state index in [1.807, 2.05) is 13.8 Å². The molecule has 1 aliphatic carbocycles. The summed E-state index contributed by atoms with van der Waals surface area (Å²) >= 11 is 0. The first-order valence-corrected chi connectivity index (χ1v) is 6.55. The molecular weight excluding hydrogens is 202 g/mol. The van der Waals surface area contributed by atoms with E-state index < -0.39 is 0 Å². The Balaban J connectivity index is 2.33. The molecule has 0 heterocycles. The van der Waals surface area contributed by atoms with Crippen molar-refractivity contribution in [3.8, 4) is 0 Å². The number of rotatable bonds is 5. The Morgan fingerprint density at radius 2 is 2.00 bits per heavy atom. The summed E-state index contributed by atoms with van der Waals surface area (Å²) in [4.78, 5) is 12.0. The summed E-state index contributed by atoms with van der Waals surface area (Å²) in [5.41, 5.74) is -0.190. The Kier molecular flexibility index (Phi) is 5.26. The second kappa shape index (κ2) is 6.24. The van der Waals surface area contributed by atoms with Gasteiger partial charge >= 0.3 is 0 Å². The molecule has 0 aromatic heterocycles. The molecule has 0 saturated heterocycles. The average molecular weight is 227 g/mol. The molecule has 16 heavy (non-hydrogen) atoms. The Bertz CT molecular complexity index is 222. The number of nitrogens with one attached hydrogen (secondary N) is 1. The van der Waals surface area contributed by atoms with Gasteiger partial charge in [-0.05, 0) is 19.3 Å². The van der Waals surface area contributed by atoms with Crippen LogP contribution in [0, 0.1) is 5.41 Å². The smallest absolute Gasteiger partial charge is 0.226 e. The summed E-state index contributed by atoms with van der Waals surface area (Å²) in [6, 6.07) is 0. The van der Waals surface area contributed by atoms with E-state index in [-0.39, 0.29) is 17.4 Å². The highest BCUT2D eigenvalue weighted by atomic mass is 16.3. The van der Waals surface area contributed by atoms with Crippen LogP contribution in [-0.4, -0.2) is 23.7 Å². The zero-order valence-electron chi connectivity index (χ0n) is 10.6. The number of hydrogen-bond donors (Lipinski definition) is 2. The van der Waals surface area contributed by atoms with Crippen molar-refractivity contribution in [1.29, 1.82) is 0 Å². The first kappa shape index (κ1) is 13.5. The number of carbonyl (C=O) groups excluding carboxylic acids is 1. The van der Waals surface area contributed by atoms with Crippen LogP contribution in [0.25, 0.3) is 0 Å². The normalized spacial score (nSPS) is 21.4. The average Bonchev–Trinajstić information content (AvgIpc) is 2.27. The lowest BCUT2D eigenvalue weighted by Crippen LogP contribution is -2.43. The van der Waals surface area contributed by atoms with Crippen LogP contribution in [-0.2, 0) is 4.79 Å². The zero-order valence-corrected chi connectivity index (χ0v) is 10.6. The summed E-state index contributed by atoms with van der Waals surface area (Å²) in [6.07, 6.45) is 6.86. The van der Waals surface area contributed by atoms with Crippen LogP contribution < -0.4 is 5.32 Å². The second-order valence-electron chi connectivity index (χ2n) is 5.27. The van der Waals surface area contributed by atoms with Crippen molar-refractivity contribution in [2.75, 3.05) is 6.54 Å². The van der Waals surface area contributed by atoms with Gasteiger partial charge in [-0.3, -0.25) is 4.79 Å². The van der Waals surface area contributed by atoms with Gasteiger partial charge in [0, 0.05) is 12.0 Å². The minimum Gasteiger partial charge on any atom is -0.391 e. The molecule has 94 valence electrons. The van der Waals surface area contributed by atoms with Crippen LogP contribution in [0.5, 0.6) is 0 Å². The molecule has 0 aromatic carbocycles. The molecule has 0 bridgehead atoms. The van der Waals surface area contributed by atoms with E-state index in [9.17, 15) is 9.90 Å². The fourth-order valence-corrected chi connectivity index (χ4v) is 2.42. The van der Waals surface area contributed by atoms with E-state index in [0.29, 0.717) is 6.54 Å². The van der Waals surface area contributed by atoms with E-state index in [1.54, 1.807) is 0 Å². The van der Waals surface area contributed by atoms with Crippen molar-refractivity contribution in [1.82, 2.24) is 5.32 Å². The molecule has 0 aromatic rings. The Hall–Kier alpha value is -0.570. The largest absolute Gasteiger partial charge is 0.391 e. The van der Waals surface area contributed by atoms with Crippen molar-refractivity contribution < 1.29 is 9.90 Å². The minimum absolute atomic E-state index is 0.127. The Labute approximate surface area is 98.6 Å². The van der Waals surface area contributed by atoms with Gasteiger partial charge in [-0.1, -0.05) is 39.5 Å². The van der Waals surface area contributed by atoms with Crippen molar-refractivity contribution in [2.45, 2.75) is 64.9 Å². The maximum absolute atomic E-state index is 12.0. The van der Waals surface area contributed by atoms with Gasteiger partial charge in [-0.15, -0.1) is 0 Å². The molecule has 1 fully saturated rings. The van der Waals surface area contributed by atoms with Crippen LogP contribution >= 0.6 is 0 Å². The van der Waals surface area contributed by atoms with Gasteiger partial charge in [0.1, 0.15) is 0 Å². The predicted octanol–water partition coefficient (Wildman–Crippen LogP) is 2.23. The highest BCUT2D eigenvalue weighted by Gasteiger charge is 2.34. The van der Waals surface area contributed by atoms with Crippen LogP contribution in [0.1, 0.15) is 58.8 Å². The number of hydrogen-bond acceptors (Lipinski definition) is 2. The van der Waals surface area contributed by atoms with E-state index in [4.69, 9.17) is 0 Å². The lowest BCUT2D eigenvalue weighted by atomic mass is 9.75. The van der Waals surface area contributed by atoms with Gasteiger partial charge in [0.25, 0.3) is 0 Å². The topological polar surface area (TPSA) is 49.3 Å². The SMILES string of the molecule is CCCC(O)CNC(=O)C1(C)CCCCC1. The summed E-state index contributed by atoms with van der Waals surface area (Å²) < 4.78 is 0. The summed E-state index contributed by atoms with van der Waals surface area (Å²) in [6.45, 7) is 4.49. The predicted molar refractivity (Wildman–Crippen MR) is 65.1 cm³/mol. The molecule has 3 heteroatoms. The monoisotopic (exact) mass is 227 g/mol. The van der Waals surface area contributed by atoms with Crippen molar-refractivity contribution in [3.63, 3.8) is 0 Å². The molecule has 1 rings (SSSR count). The number of aliphatic hydroxyl groups excluding tert-OH is 1. The highest BCUT2D eigenvalue weighted by Crippen LogP contribution is 2.35. The lowest BCUT2D eigenvalue weighted by Gasteiger charge is -2.32. The fraction of sp³-hybridized carbons (Fsp3) is 0.923. The van der Waals surface area contributed by atoms with Gasteiger partial charge in [0.2, 0.25) is 5.91 Å². The molecule has 1 amide bonds. The van der Waals surface area contributed by atoms with E-state index in [2.05, 4.69) is 5.32 Å². The zero-order chi connectivity index (χ0) is 12.0. The molecule has 0 spiro atoms. The van der Waals surface area contributed by atoms with Crippen molar-refractivity contribution >= 4 is 5.91 Å². The summed E-state index contributed by atoms with van der Waals surface area (Å²) in [7, 11) is 0. The van der Waals surface area contributed by atoms with Crippen LogP contribution in [0.15, 0.2) is 0 Å². The van der Waals surface area contributed by atoms with E-state index >= 15 is 0 Å². The number of amides is 1. The molecule has 1 saturated carbocycles. The molecule has 1 atom stereocenters. The third-order valence-corrected chi connectivity index (χ3v) is 3.63. The lowest BCUT2D eigenvalue weighted by molar-refractivity contribution is -0.132. The Morgan fingerprint density at radius 1 is 1.38 bits per heavy atom. The molecule has 1 aliphatic rings. The summed E-state index contributed by atoms with van der Waals surface area (Å²) in [5, 5.41) is 12.5. The fourth-order valence-electron chi connectivity index (χ4n) is 2.42. The summed E-state index contributed by atoms with van der Waals surface area (Å²) in [5.74, 6) is 0.127. The standard InChI is InChI=1S/C13H25NO2/c1-3-7-11(15)10-14-12(16)13(2)8-5-4-6-9-13/h11,15H,3-10H2,1-2H3,(H,14,16). The van der Waals surface area contributed by atoms with Gasteiger partial charge in [-0.25, -0.2) is 0 Å². The molecule has 0 radical (unpaired) electrons. The Morgan fingerprint density at radius 3 is 2.56 bits per heavy atom. The second-order valence-corrected chi connectivity index (χ2v) is 5.27. The molecular formula is C13H25NO2. The van der Waals surface area contributed by atoms with Gasteiger partial charge in [0.05, 0.1) is 6.10 Å². The molecule has 0 aliphatic heterocycles. The van der Waals surface area contributed by atoms with Crippen molar-refractivity contribution in [3.05, 3.63) is 0 Å². The van der Waals surface area contributed by atoms with Gasteiger partial charge in [0.15, 0.2) is 0 Å². The minimum atomic E-state index is -0.388. The van der Waals surface area contributed by atoms with Crippen LogP contribution in [0.3, 0.4) is 0 Å². The highest BCUT2D eigenvalue weighted by molar-refractivity contribution is 5.82. The molecule has 3 nitrogen and oxygen atoms in total. The first-order valence-electron chi connectivity index (χ1n) is 6.55. The molecule has 1 unspecified atom stereocenters. The quantitative estimate of drug-likeness (QED) is 0.756. The maximum Gasteiger partial charge on any atom is 0.226 e. The van der Waals surface area contributed by atoms with E-state index in [1.165, 1.54) is 6.42 Å². The van der Waals surface area contributed by atoms with Crippen molar-refractivity contribution in [2.24, 2.45) is 5.41 Å². The first-order chi connectivity index (χ1) is 7.58. The van der Waals surface area contributed by atoms with Crippen LogP contribution in [0.2, 0.25) is 0 Å². The number of carbonyl (C=O) groups is 1. The number of aliphatic hydroxyl groups is 1. The van der Waals surface area contributed by atoms with Gasteiger partial charge < -0.3 is 10.4 Å². The maximum atomic E-state index is 12.0. The third kappa shape index (κ3) is 3.78. The van der Waals surface area contributed by atoms with Gasteiger partial charge in [-0.2, -0.15) is 0 Å². The van der Waals surface area contributed by atoms with E-state index in [0.717, 1.165) is 38.5 Å². The third-order valence-electron chi connectivity index (χ3n) is 3.63. The molecule has 2 N–H and O–H groups in total.